The average Bonchev–Trinajstić information content (AvgIpc) is 3.42. The Bertz CT molecular complexity index is 804. The fourth-order valence-corrected chi connectivity index (χ4v) is 3.66. The van der Waals surface area contributed by atoms with Gasteiger partial charge in [0.1, 0.15) is 17.7 Å². The minimum Gasteiger partial charge on any atom is -0.444 e. The van der Waals surface area contributed by atoms with Crippen LogP contribution < -0.4 is 10.6 Å². The molecular weight excluding hydrogens is 394 g/mol. The van der Waals surface area contributed by atoms with E-state index in [1.165, 1.54) is 0 Å². The number of carbonyl (C=O) groups excluding carboxylic acids is 3. The maximum Gasteiger partial charge on any atom is 0.408 e. The first-order chi connectivity index (χ1) is 14.3. The van der Waals surface area contributed by atoms with Crippen molar-refractivity contribution in [3.63, 3.8) is 0 Å². The van der Waals surface area contributed by atoms with E-state index in [4.69, 9.17) is 4.74 Å². The molecule has 1 aliphatic carbocycles. The Morgan fingerprint density at radius 2 is 1.58 bits per heavy atom. The Morgan fingerprint density at radius 3 is 2.03 bits per heavy atom. The van der Waals surface area contributed by atoms with Gasteiger partial charge in [0.2, 0.25) is 11.8 Å². The lowest BCUT2D eigenvalue weighted by Crippen LogP contribution is -2.53. The highest BCUT2D eigenvalue weighted by molar-refractivity contribution is 5.92. The summed E-state index contributed by atoms with van der Waals surface area (Å²) in [6, 6.07) is 4.18. The lowest BCUT2D eigenvalue weighted by atomic mass is 9.93. The number of hydrogen-bond acceptors (Lipinski definition) is 4. The monoisotopic (exact) mass is 431 g/mol. The molecule has 7 heteroatoms. The average molecular weight is 432 g/mol. The Kier molecular flexibility index (Phi) is 7.73. The van der Waals surface area contributed by atoms with Gasteiger partial charge in [0.15, 0.2) is 0 Å². The lowest BCUT2D eigenvalue weighted by molar-refractivity contribution is -0.143. The number of ether oxygens (including phenoxy) is 1. The number of nitrogens with zero attached hydrogens (tertiary/aromatic N) is 1. The van der Waals surface area contributed by atoms with E-state index in [2.05, 4.69) is 10.6 Å². The van der Waals surface area contributed by atoms with E-state index in [1.807, 2.05) is 45.9 Å². The summed E-state index contributed by atoms with van der Waals surface area (Å²) in [7, 11) is 0. The van der Waals surface area contributed by atoms with Crippen LogP contribution in [0, 0.1) is 13.8 Å². The van der Waals surface area contributed by atoms with Gasteiger partial charge in [-0.05, 0) is 84.9 Å². The van der Waals surface area contributed by atoms with Gasteiger partial charge in [-0.25, -0.2) is 4.79 Å². The Hall–Kier alpha value is -2.57. The zero-order chi connectivity index (χ0) is 23.5. The van der Waals surface area contributed by atoms with Gasteiger partial charge in [0, 0.05) is 12.1 Å². The number of aryl methyl sites for hydroxylation is 2. The van der Waals surface area contributed by atoms with E-state index in [0.29, 0.717) is 0 Å². The zero-order valence-corrected chi connectivity index (χ0v) is 20.0. The fourth-order valence-electron chi connectivity index (χ4n) is 3.66. The molecule has 0 spiro atoms. The molecule has 0 radical (unpaired) electrons. The molecule has 1 aliphatic rings. The first-order valence-electron chi connectivity index (χ1n) is 11.0. The standard InChI is InChI=1S/C24H37N3O4/c1-14(2)25-21(28)20(19-15(3)10-9-11-16(19)4)27(18-12-13-18)22(29)17(5)26-23(30)31-24(6,7)8/h9-11,14,17-18,20H,12-13H2,1-8H3,(H,25,28)(H,26,30). The number of nitrogens with one attached hydrogen (secondary N) is 2. The quantitative estimate of drug-likeness (QED) is 0.688. The summed E-state index contributed by atoms with van der Waals surface area (Å²) in [5, 5.41) is 5.61. The van der Waals surface area contributed by atoms with Crippen molar-refractivity contribution in [1.29, 1.82) is 0 Å². The van der Waals surface area contributed by atoms with Gasteiger partial charge in [0.25, 0.3) is 0 Å². The summed E-state index contributed by atoms with van der Waals surface area (Å²) in [6.45, 7) is 14.6. The van der Waals surface area contributed by atoms with Crippen LogP contribution in [0.5, 0.6) is 0 Å². The summed E-state index contributed by atoms with van der Waals surface area (Å²) in [5.74, 6) is -0.503. The first kappa shape index (κ1) is 24.7. The predicted octanol–water partition coefficient (Wildman–Crippen LogP) is 3.77. The van der Waals surface area contributed by atoms with Gasteiger partial charge < -0.3 is 20.3 Å². The SMILES string of the molecule is Cc1cccc(C)c1C(C(=O)NC(C)C)N(C(=O)C(C)NC(=O)OC(C)(C)C)C1CC1. The molecule has 0 heterocycles. The largest absolute Gasteiger partial charge is 0.444 e. The van der Waals surface area contributed by atoms with Crippen LogP contribution in [0.1, 0.15) is 77.1 Å². The number of alkyl carbamates (subject to hydrolysis) is 1. The third-order valence-electron chi connectivity index (χ3n) is 5.07. The minimum atomic E-state index is -0.825. The van der Waals surface area contributed by atoms with Crippen molar-refractivity contribution in [2.45, 2.75) is 98.0 Å². The molecule has 1 saturated carbocycles. The van der Waals surface area contributed by atoms with Crippen LogP contribution in [0.2, 0.25) is 0 Å². The molecule has 0 aliphatic heterocycles. The maximum atomic E-state index is 13.5. The molecule has 2 N–H and O–H groups in total. The third-order valence-corrected chi connectivity index (χ3v) is 5.07. The molecule has 172 valence electrons. The predicted molar refractivity (Wildman–Crippen MR) is 121 cm³/mol. The van der Waals surface area contributed by atoms with Gasteiger partial charge in [-0.15, -0.1) is 0 Å². The Balaban J connectivity index is 2.39. The summed E-state index contributed by atoms with van der Waals surface area (Å²) < 4.78 is 5.30. The maximum absolute atomic E-state index is 13.5. The summed E-state index contributed by atoms with van der Waals surface area (Å²) in [6.07, 6.45) is 1.02. The second kappa shape index (κ2) is 9.71. The topological polar surface area (TPSA) is 87.7 Å². The lowest BCUT2D eigenvalue weighted by Gasteiger charge is -2.35. The molecule has 31 heavy (non-hydrogen) atoms. The number of benzene rings is 1. The molecule has 7 nitrogen and oxygen atoms in total. The highest BCUT2D eigenvalue weighted by Crippen LogP contribution is 2.37. The van der Waals surface area contributed by atoms with Crippen molar-refractivity contribution >= 4 is 17.9 Å². The molecule has 1 aromatic rings. The van der Waals surface area contributed by atoms with E-state index in [-0.39, 0.29) is 23.9 Å². The van der Waals surface area contributed by atoms with Crippen LogP contribution in [0.25, 0.3) is 0 Å². The van der Waals surface area contributed by atoms with E-state index in [1.54, 1.807) is 32.6 Å². The first-order valence-corrected chi connectivity index (χ1v) is 11.0. The summed E-state index contributed by atoms with van der Waals surface area (Å²) >= 11 is 0. The van der Waals surface area contributed by atoms with E-state index < -0.39 is 23.8 Å². The van der Waals surface area contributed by atoms with Crippen LogP contribution in [-0.4, -0.2) is 46.5 Å². The van der Waals surface area contributed by atoms with Crippen molar-refractivity contribution in [1.82, 2.24) is 15.5 Å². The number of rotatable bonds is 7. The summed E-state index contributed by atoms with van der Waals surface area (Å²) in [4.78, 5) is 40.8. The van der Waals surface area contributed by atoms with Crippen LogP contribution >= 0.6 is 0 Å². The van der Waals surface area contributed by atoms with E-state index in [9.17, 15) is 14.4 Å². The minimum absolute atomic E-state index is 0.0303. The smallest absolute Gasteiger partial charge is 0.408 e. The number of amides is 3. The second-order valence-electron chi connectivity index (χ2n) is 9.72. The van der Waals surface area contributed by atoms with Gasteiger partial charge in [-0.1, -0.05) is 18.2 Å². The highest BCUT2D eigenvalue weighted by Gasteiger charge is 2.44. The van der Waals surface area contributed by atoms with E-state index in [0.717, 1.165) is 29.5 Å². The number of hydrogen-bond donors (Lipinski definition) is 2. The van der Waals surface area contributed by atoms with Crippen molar-refractivity contribution in [2.24, 2.45) is 0 Å². The molecule has 2 unspecified atom stereocenters. The van der Waals surface area contributed by atoms with Crippen LogP contribution in [0.15, 0.2) is 18.2 Å². The molecule has 3 amide bonds. The Morgan fingerprint density at radius 1 is 1.03 bits per heavy atom. The number of carbonyl (C=O) groups is 3. The normalized spacial score (nSPS) is 15.8. The molecule has 1 aromatic carbocycles. The van der Waals surface area contributed by atoms with Crippen molar-refractivity contribution < 1.29 is 19.1 Å². The van der Waals surface area contributed by atoms with Crippen molar-refractivity contribution in [2.75, 3.05) is 0 Å². The van der Waals surface area contributed by atoms with Gasteiger partial charge in [0.05, 0.1) is 0 Å². The van der Waals surface area contributed by atoms with Crippen molar-refractivity contribution in [3.05, 3.63) is 34.9 Å². The molecule has 2 atom stereocenters. The van der Waals surface area contributed by atoms with E-state index >= 15 is 0 Å². The molecule has 0 aromatic heterocycles. The Labute approximate surface area is 185 Å². The second-order valence-corrected chi connectivity index (χ2v) is 9.72. The molecular formula is C24H37N3O4. The third kappa shape index (κ3) is 6.71. The molecule has 2 rings (SSSR count). The molecule has 0 saturated heterocycles. The van der Waals surface area contributed by atoms with Crippen LogP contribution in [-0.2, 0) is 14.3 Å². The van der Waals surface area contributed by atoms with Gasteiger partial charge in [-0.2, -0.15) is 0 Å². The van der Waals surface area contributed by atoms with Crippen molar-refractivity contribution in [3.8, 4) is 0 Å². The highest BCUT2D eigenvalue weighted by atomic mass is 16.6. The van der Waals surface area contributed by atoms with Crippen LogP contribution in [0.3, 0.4) is 0 Å². The van der Waals surface area contributed by atoms with Gasteiger partial charge >= 0.3 is 6.09 Å². The van der Waals surface area contributed by atoms with Gasteiger partial charge in [-0.3, -0.25) is 9.59 Å². The zero-order valence-electron chi connectivity index (χ0n) is 20.0. The molecule has 0 bridgehead atoms. The summed E-state index contributed by atoms with van der Waals surface area (Å²) in [5.41, 5.74) is 2.08. The molecule has 1 fully saturated rings. The van der Waals surface area contributed by atoms with Crippen LogP contribution in [0.4, 0.5) is 4.79 Å². The fraction of sp³-hybridized carbons (Fsp3) is 0.625.